The molecule has 2 aliphatic heterocycles. The van der Waals surface area contributed by atoms with Crippen molar-refractivity contribution in [1.29, 1.82) is 0 Å². The van der Waals surface area contributed by atoms with Gasteiger partial charge in [-0.2, -0.15) is 0 Å². The number of carbonyl (C=O) groups excluding carboxylic acids is 1. The quantitative estimate of drug-likeness (QED) is 0.470. The third kappa shape index (κ3) is 4.64. The average Bonchev–Trinajstić information content (AvgIpc) is 2.96. The summed E-state index contributed by atoms with van der Waals surface area (Å²) < 4.78 is 34.5. The molecule has 0 aliphatic carbocycles. The van der Waals surface area contributed by atoms with E-state index < -0.39 is 5.79 Å². The number of ether oxygens (including phenoxy) is 6. The number of benzene rings is 3. The highest BCUT2D eigenvalue weighted by Crippen LogP contribution is 2.43. The Kier molecular flexibility index (Phi) is 6.84. The maximum atomic E-state index is 13.1. The Hall–Kier alpha value is -3.91. The van der Waals surface area contributed by atoms with Gasteiger partial charge in [0.05, 0.1) is 40.6 Å². The molecule has 1 spiro atoms. The van der Waals surface area contributed by atoms with E-state index in [1.165, 1.54) is 0 Å². The Morgan fingerprint density at radius 1 is 0.811 bits per heavy atom. The second-order valence-electron chi connectivity index (χ2n) is 9.03. The summed E-state index contributed by atoms with van der Waals surface area (Å²) in [5, 5.41) is 0. The van der Waals surface area contributed by atoms with Crippen LogP contribution in [0.15, 0.2) is 54.6 Å². The summed E-state index contributed by atoms with van der Waals surface area (Å²) in [4.78, 5) is 14.9. The normalized spacial score (nSPS) is 15.9. The van der Waals surface area contributed by atoms with Crippen LogP contribution in [0.4, 0.5) is 0 Å². The Balaban J connectivity index is 1.31. The summed E-state index contributed by atoms with van der Waals surface area (Å²) in [5.74, 6) is 2.33. The molecular formula is C29H31NO7. The van der Waals surface area contributed by atoms with Gasteiger partial charge in [-0.05, 0) is 47.5 Å². The van der Waals surface area contributed by atoms with Gasteiger partial charge in [-0.1, -0.05) is 18.2 Å². The minimum Gasteiger partial charge on any atom is -0.496 e. The van der Waals surface area contributed by atoms with Crippen LogP contribution in [0.2, 0.25) is 0 Å². The SMILES string of the molecule is COc1ccccc1C(=O)N1CCC2(CC1)OCc1cc(-c3cc(OC)c(OC)c(OC)c3)ccc1O2. The van der Waals surface area contributed by atoms with Crippen molar-refractivity contribution in [2.24, 2.45) is 0 Å². The number of piperidine rings is 1. The first-order valence-corrected chi connectivity index (χ1v) is 12.2. The van der Waals surface area contributed by atoms with Crippen LogP contribution in [-0.4, -0.2) is 58.1 Å². The summed E-state index contributed by atoms with van der Waals surface area (Å²) in [6, 6.07) is 17.2. The lowest BCUT2D eigenvalue weighted by Gasteiger charge is -2.44. The largest absolute Gasteiger partial charge is 0.496 e. The fraction of sp³-hybridized carbons (Fsp3) is 0.345. The number of hydrogen-bond acceptors (Lipinski definition) is 7. The summed E-state index contributed by atoms with van der Waals surface area (Å²) in [6.45, 7) is 1.50. The topological polar surface area (TPSA) is 75.7 Å². The Morgan fingerprint density at radius 2 is 1.49 bits per heavy atom. The Labute approximate surface area is 216 Å². The highest BCUT2D eigenvalue weighted by Gasteiger charge is 2.42. The Morgan fingerprint density at radius 3 is 2.14 bits per heavy atom. The van der Waals surface area contributed by atoms with Gasteiger partial charge in [0.15, 0.2) is 11.5 Å². The molecule has 3 aromatic carbocycles. The molecule has 0 atom stereocenters. The van der Waals surface area contributed by atoms with Gasteiger partial charge < -0.3 is 33.3 Å². The first-order chi connectivity index (χ1) is 18.0. The van der Waals surface area contributed by atoms with E-state index in [9.17, 15) is 4.79 Å². The molecule has 5 rings (SSSR count). The van der Waals surface area contributed by atoms with E-state index >= 15 is 0 Å². The molecule has 8 heteroatoms. The molecule has 1 saturated heterocycles. The number of rotatable bonds is 6. The van der Waals surface area contributed by atoms with Gasteiger partial charge in [0.2, 0.25) is 11.5 Å². The van der Waals surface area contributed by atoms with Crippen molar-refractivity contribution in [3.8, 4) is 39.9 Å². The second-order valence-corrected chi connectivity index (χ2v) is 9.03. The van der Waals surface area contributed by atoms with Crippen LogP contribution in [0.25, 0.3) is 11.1 Å². The van der Waals surface area contributed by atoms with E-state index in [0.29, 0.717) is 61.1 Å². The molecule has 0 bridgehead atoms. The van der Waals surface area contributed by atoms with Crippen molar-refractivity contribution in [3.63, 3.8) is 0 Å². The second kappa shape index (κ2) is 10.2. The van der Waals surface area contributed by atoms with Gasteiger partial charge in [-0.25, -0.2) is 0 Å². The Bertz CT molecular complexity index is 1270. The number of fused-ring (bicyclic) bond motifs is 1. The molecular weight excluding hydrogens is 474 g/mol. The van der Waals surface area contributed by atoms with Gasteiger partial charge in [0.25, 0.3) is 5.91 Å². The zero-order chi connectivity index (χ0) is 26.0. The predicted octanol–water partition coefficient (Wildman–Crippen LogP) is 4.93. The first-order valence-electron chi connectivity index (χ1n) is 12.2. The van der Waals surface area contributed by atoms with Crippen LogP contribution in [0.1, 0.15) is 28.8 Å². The number of methoxy groups -OCH3 is 4. The molecule has 8 nitrogen and oxygen atoms in total. The number of para-hydroxylation sites is 1. The van der Waals surface area contributed by atoms with E-state index in [2.05, 4.69) is 6.07 Å². The lowest BCUT2D eigenvalue weighted by atomic mass is 9.98. The third-order valence-electron chi connectivity index (χ3n) is 7.00. The zero-order valence-corrected chi connectivity index (χ0v) is 21.5. The minimum atomic E-state index is -0.737. The number of carbonyl (C=O) groups is 1. The summed E-state index contributed by atoms with van der Waals surface area (Å²) in [5.41, 5.74) is 3.44. The average molecular weight is 506 g/mol. The lowest BCUT2D eigenvalue weighted by Crippen LogP contribution is -2.52. The van der Waals surface area contributed by atoms with E-state index in [1.807, 2.05) is 41.3 Å². The molecule has 194 valence electrons. The van der Waals surface area contributed by atoms with Crippen molar-refractivity contribution < 1.29 is 33.2 Å². The molecule has 37 heavy (non-hydrogen) atoms. The van der Waals surface area contributed by atoms with E-state index in [1.54, 1.807) is 40.6 Å². The molecule has 2 aliphatic rings. The molecule has 0 radical (unpaired) electrons. The fourth-order valence-electron chi connectivity index (χ4n) is 4.95. The van der Waals surface area contributed by atoms with Gasteiger partial charge in [-0.15, -0.1) is 0 Å². The summed E-state index contributed by atoms with van der Waals surface area (Å²) in [7, 11) is 6.36. The first kappa shape index (κ1) is 24.8. The maximum absolute atomic E-state index is 13.1. The molecule has 1 fully saturated rings. The van der Waals surface area contributed by atoms with Crippen molar-refractivity contribution in [1.82, 2.24) is 4.90 Å². The smallest absolute Gasteiger partial charge is 0.257 e. The molecule has 0 N–H and O–H groups in total. The van der Waals surface area contributed by atoms with Crippen LogP contribution in [0.5, 0.6) is 28.7 Å². The molecule has 2 heterocycles. The van der Waals surface area contributed by atoms with Crippen LogP contribution in [0, 0.1) is 0 Å². The zero-order valence-electron chi connectivity index (χ0n) is 21.5. The van der Waals surface area contributed by atoms with Crippen molar-refractivity contribution in [2.75, 3.05) is 41.5 Å². The van der Waals surface area contributed by atoms with Gasteiger partial charge in [0, 0.05) is 31.5 Å². The summed E-state index contributed by atoms with van der Waals surface area (Å²) >= 11 is 0. The molecule has 0 saturated carbocycles. The van der Waals surface area contributed by atoms with Crippen molar-refractivity contribution in [3.05, 3.63) is 65.7 Å². The van der Waals surface area contributed by atoms with Gasteiger partial charge in [-0.3, -0.25) is 4.79 Å². The number of likely N-dealkylation sites (tertiary alicyclic amines) is 1. The van der Waals surface area contributed by atoms with Gasteiger partial charge in [0.1, 0.15) is 11.5 Å². The van der Waals surface area contributed by atoms with E-state index in [4.69, 9.17) is 28.4 Å². The molecule has 0 unspecified atom stereocenters. The number of hydrogen-bond donors (Lipinski definition) is 0. The van der Waals surface area contributed by atoms with Gasteiger partial charge >= 0.3 is 0 Å². The van der Waals surface area contributed by atoms with Crippen molar-refractivity contribution in [2.45, 2.75) is 25.2 Å². The molecule has 0 aromatic heterocycles. The number of amides is 1. The van der Waals surface area contributed by atoms with Crippen LogP contribution >= 0.6 is 0 Å². The predicted molar refractivity (Wildman–Crippen MR) is 138 cm³/mol. The van der Waals surface area contributed by atoms with E-state index in [0.717, 1.165) is 22.4 Å². The fourth-order valence-corrected chi connectivity index (χ4v) is 4.95. The van der Waals surface area contributed by atoms with Crippen LogP contribution in [-0.2, 0) is 11.3 Å². The number of nitrogens with zero attached hydrogens (tertiary/aromatic N) is 1. The van der Waals surface area contributed by atoms with E-state index in [-0.39, 0.29) is 5.91 Å². The third-order valence-corrected chi connectivity index (χ3v) is 7.00. The van der Waals surface area contributed by atoms with Crippen LogP contribution < -0.4 is 23.7 Å². The maximum Gasteiger partial charge on any atom is 0.257 e. The monoisotopic (exact) mass is 505 g/mol. The molecule has 1 amide bonds. The summed E-state index contributed by atoms with van der Waals surface area (Å²) in [6.07, 6.45) is 1.17. The highest BCUT2D eigenvalue weighted by molar-refractivity contribution is 5.97. The highest BCUT2D eigenvalue weighted by atomic mass is 16.7. The standard InChI is InChI=1S/C29H31NO7/c1-32-24-8-6-5-7-22(24)28(31)30-13-11-29(12-14-30)36-18-21-15-19(9-10-23(21)37-29)20-16-25(33-2)27(35-4)26(17-20)34-3/h5-10,15-17H,11-14,18H2,1-4H3. The van der Waals surface area contributed by atoms with Crippen LogP contribution in [0.3, 0.4) is 0 Å². The minimum absolute atomic E-state index is 0.0431. The lowest BCUT2D eigenvalue weighted by molar-refractivity contribution is -0.225. The van der Waals surface area contributed by atoms with Crippen molar-refractivity contribution >= 4 is 5.91 Å². The molecule has 3 aromatic rings.